The fraction of sp³-hybridized carbons (Fsp3) is 0.0833. The van der Waals surface area contributed by atoms with Crippen molar-refractivity contribution in [2.75, 3.05) is 0 Å². The Morgan fingerprint density at radius 3 is 2.76 bits per heavy atom. The molecule has 2 rings (SSSR count). The van der Waals surface area contributed by atoms with E-state index >= 15 is 0 Å². The SMILES string of the molecule is NC(c1ccncc1F)c1cccc(Br)c1Cl. The number of rotatable bonds is 2. The first-order chi connectivity index (χ1) is 8.11. The Hall–Kier alpha value is -0.970. The van der Waals surface area contributed by atoms with Crippen LogP contribution >= 0.6 is 27.5 Å². The van der Waals surface area contributed by atoms with Crippen LogP contribution in [0.15, 0.2) is 41.1 Å². The number of hydrogen-bond acceptors (Lipinski definition) is 2. The summed E-state index contributed by atoms with van der Waals surface area (Å²) in [5.74, 6) is -0.434. The lowest BCUT2D eigenvalue weighted by Gasteiger charge is -2.15. The van der Waals surface area contributed by atoms with Gasteiger partial charge in [-0.3, -0.25) is 4.98 Å². The molecule has 2 N–H and O–H groups in total. The van der Waals surface area contributed by atoms with E-state index in [1.807, 2.05) is 12.1 Å². The zero-order valence-corrected chi connectivity index (χ0v) is 11.0. The summed E-state index contributed by atoms with van der Waals surface area (Å²) in [6, 6.07) is 6.34. The topological polar surface area (TPSA) is 38.9 Å². The minimum Gasteiger partial charge on any atom is -0.320 e. The van der Waals surface area contributed by atoms with Crippen LogP contribution in [-0.4, -0.2) is 4.98 Å². The molecule has 0 fully saturated rings. The van der Waals surface area contributed by atoms with Gasteiger partial charge in [0.15, 0.2) is 0 Å². The molecular weight excluding hydrogens is 307 g/mol. The number of aromatic nitrogens is 1. The Kier molecular flexibility index (Phi) is 3.76. The molecule has 0 amide bonds. The van der Waals surface area contributed by atoms with Gasteiger partial charge in [-0.05, 0) is 33.6 Å². The van der Waals surface area contributed by atoms with Gasteiger partial charge in [0.05, 0.1) is 17.3 Å². The van der Waals surface area contributed by atoms with Gasteiger partial charge in [0, 0.05) is 16.2 Å². The molecule has 1 aromatic carbocycles. The average molecular weight is 316 g/mol. The first-order valence-electron chi connectivity index (χ1n) is 4.90. The fourth-order valence-electron chi connectivity index (χ4n) is 1.57. The van der Waals surface area contributed by atoms with Gasteiger partial charge >= 0.3 is 0 Å². The summed E-state index contributed by atoms with van der Waals surface area (Å²) in [6.45, 7) is 0. The van der Waals surface area contributed by atoms with E-state index in [0.29, 0.717) is 16.1 Å². The summed E-state index contributed by atoms with van der Waals surface area (Å²) in [4.78, 5) is 3.69. The fourth-order valence-corrected chi connectivity index (χ4v) is 2.19. The Labute approximate surface area is 112 Å². The molecule has 5 heteroatoms. The molecule has 0 saturated heterocycles. The van der Waals surface area contributed by atoms with Gasteiger partial charge in [-0.2, -0.15) is 0 Å². The minimum atomic E-state index is -0.608. The highest BCUT2D eigenvalue weighted by atomic mass is 79.9. The number of nitrogens with two attached hydrogens (primary N) is 1. The van der Waals surface area contributed by atoms with Crippen LogP contribution in [0, 0.1) is 5.82 Å². The van der Waals surface area contributed by atoms with Crippen LogP contribution in [0.2, 0.25) is 5.02 Å². The quantitative estimate of drug-likeness (QED) is 0.918. The number of halogens is 3. The third-order valence-corrected chi connectivity index (χ3v) is 3.77. The highest BCUT2D eigenvalue weighted by Gasteiger charge is 2.17. The summed E-state index contributed by atoms with van der Waals surface area (Å²) >= 11 is 9.44. The Morgan fingerprint density at radius 1 is 1.29 bits per heavy atom. The molecule has 1 unspecified atom stereocenters. The van der Waals surface area contributed by atoms with E-state index in [1.54, 1.807) is 12.1 Å². The maximum Gasteiger partial charge on any atom is 0.146 e. The minimum absolute atomic E-state index is 0.375. The van der Waals surface area contributed by atoms with E-state index in [0.717, 1.165) is 10.7 Å². The van der Waals surface area contributed by atoms with Crippen LogP contribution in [0.3, 0.4) is 0 Å². The zero-order valence-electron chi connectivity index (χ0n) is 8.70. The van der Waals surface area contributed by atoms with Crippen molar-refractivity contribution < 1.29 is 4.39 Å². The van der Waals surface area contributed by atoms with Crippen LogP contribution in [0.25, 0.3) is 0 Å². The largest absolute Gasteiger partial charge is 0.320 e. The van der Waals surface area contributed by atoms with E-state index in [-0.39, 0.29) is 0 Å². The highest BCUT2D eigenvalue weighted by molar-refractivity contribution is 9.10. The van der Waals surface area contributed by atoms with Gasteiger partial charge in [-0.15, -0.1) is 0 Å². The Morgan fingerprint density at radius 2 is 2.06 bits per heavy atom. The molecule has 0 aliphatic heterocycles. The van der Waals surface area contributed by atoms with Crippen LogP contribution in [-0.2, 0) is 0 Å². The summed E-state index contributed by atoms with van der Waals surface area (Å²) < 4.78 is 14.3. The molecule has 0 radical (unpaired) electrons. The molecule has 0 aliphatic carbocycles. The lowest BCUT2D eigenvalue weighted by molar-refractivity contribution is 0.593. The normalized spacial score (nSPS) is 12.5. The third-order valence-electron chi connectivity index (χ3n) is 2.46. The molecule has 88 valence electrons. The summed E-state index contributed by atoms with van der Waals surface area (Å²) in [6.07, 6.45) is 2.64. The Balaban J connectivity index is 2.48. The number of benzene rings is 1. The number of nitrogens with zero attached hydrogens (tertiary/aromatic N) is 1. The van der Waals surface area contributed by atoms with Gasteiger partial charge < -0.3 is 5.73 Å². The molecular formula is C12H9BrClFN2. The maximum atomic E-state index is 13.6. The molecule has 2 aromatic rings. The molecule has 1 aromatic heterocycles. The van der Waals surface area contributed by atoms with E-state index in [9.17, 15) is 4.39 Å². The van der Waals surface area contributed by atoms with Crippen LogP contribution < -0.4 is 5.73 Å². The van der Waals surface area contributed by atoms with Crippen LogP contribution in [0.4, 0.5) is 4.39 Å². The zero-order chi connectivity index (χ0) is 12.4. The first-order valence-corrected chi connectivity index (χ1v) is 6.07. The molecule has 0 aliphatic rings. The van der Waals surface area contributed by atoms with Gasteiger partial charge in [-0.1, -0.05) is 23.7 Å². The van der Waals surface area contributed by atoms with Crippen molar-refractivity contribution in [1.82, 2.24) is 4.98 Å². The summed E-state index contributed by atoms with van der Waals surface area (Å²) in [7, 11) is 0. The predicted octanol–water partition coefficient (Wildman–Crippen LogP) is 3.68. The highest BCUT2D eigenvalue weighted by Crippen LogP contribution is 2.32. The van der Waals surface area contributed by atoms with Gasteiger partial charge in [-0.25, -0.2) is 4.39 Å². The second-order valence-corrected chi connectivity index (χ2v) is 4.75. The molecule has 0 bridgehead atoms. The van der Waals surface area contributed by atoms with Crippen molar-refractivity contribution in [2.24, 2.45) is 5.73 Å². The maximum absolute atomic E-state index is 13.6. The Bertz CT molecular complexity index is 548. The van der Waals surface area contributed by atoms with Crippen molar-refractivity contribution >= 4 is 27.5 Å². The summed E-state index contributed by atoms with van der Waals surface area (Å²) in [5, 5.41) is 0.496. The first kappa shape index (κ1) is 12.5. The predicted molar refractivity (Wildman–Crippen MR) is 69.4 cm³/mol. The van der Waals surface area contributed by atoms with Crippen molar-refractivity contribution in [3.8, 4) is 0 Å². The lowest BCUT2D eigenvalue weighted by Crippen LogP contribution is -2.14. The average Bonchev–Trinajstić information content (AvgIpc) is 2.32. The van der Waals surface area contributed by atoms with Crippen molar-refractivity contribution in [3.63, 3.8) is 0 Å². The third kappa shape index (κ3) is 2.49. The standard InChI is InChI=1S/C12H9BrClFN2/c13-9-3-1-2-8(11(9)14)12(16)7-4-5-17-6-10(7)15/h1-6,12H,16H2. The van der Waals surface area contributed by atoms with Crippen molar-refractivity contribution in [3.05, 3.63) is 63.1 Å². The summed E-state index contributed by atoms with van der Waals surface area (Å²) in [5.41, 5.74) is 7.06. The van der Waals surface area contributed by atoms with Gasteiger partial charge in [0.2, 0.25) is 0 Å². The smallest absolute Gasteiger partial charge is 0.146 e. The molecule has 1 heterocycles. The molecule has 17 heavy (non-hydrogen) atoms. The van der Waals surface area contributed by atoms with Crippen molar-refractivity contribution in [1.29, 1.82) is 0 Å². The van der Waals surface area contributed by atoms with E-state index in [1.165, 1.54) is 6.20 Å². The lowest BCUT2D eigenvalue weighted by atomic mass is 10.0. The number of hydrogen-bond donors (Lipinski definition) is 1. The number of pyridine rings is 1. The van der Waals surface area contributed by atoms with Crippen molar-refractivity contribution in [2.45, 2.75) is 6.04 Å². The second kappa shape index (κ2) is 5.12. The molecule has 1 atom stereocenters. The van der Waals surface area contributed by atoms with Crippen LogP contribution in [0.1, 0.15) is 17.2 Å². The second-order valence-electron chi connectivity index (χ2n) is 3.52. The molecule has 2 nitrogen and oxygen atoms in total. The molecule has 0 spiro atoms. The van der Waals surface area contributed by atoms with E-state index in [4.69, 9.17) is 17.3 Å². The van der Waals surface area contributed by atoms with E-state index in [2.05, 4.69) is 20.9 Å². The van der Waals surface area contributed by atoms with E-state index < -0.39 is 11.9 Å². The monoisotopic (exact) mass is 314 g/mol. The van der Waals surface area contributed by atoms with Gasteiger partial charge in [0.25, 0.3) is 0 Å². The van der Waals surface area contributed by atoms with Gasteiger partial charge in [0.1, 0.15) is 5.82 Å². The molecule has 0 saturated carbocycles. The van der Waals surface area contributed by atoms with Crippen LogP contribution in [0.5, 0.6) is 0 Å².